The van der Waals surface area contributed by atoms with Gasteiger partial charge >= 0.3 is 6.61 Å². The molecule has 0 heterocycles. The minimum Gasteiger partial charge on any atom is -0.493 e. The van der Waals surface area contributed by atoms with E-state index in [1.165, 1.54) is 13.2 Å². The third kappa shape index (κ3) is 7.04. The predicted molar refractivity (Wildman–Crippen MR) is 104 cm³/mol. The zero-order valence-corrected chi connectivity index (χ0v) is 16.2. The lowest BCUT2D eigenvalue weighted by atomic mass is 10.2. The fraction of sp³-hybridized carbons (Fsp3) is 0.300. The van der Waals surface area contributed by atoms with Crippen LogP contribution in [0.1, 0.15) is 22.3 Å². The Labute approximate surface area is 167 Å². The number of alkyl halides is 2. The summed E-state index contributed by atoms with van der Waals surface area (Å²) in [4.78, 5) is 25.1. The van der Waals surface area contributed by atoms with Gasteiger partial charge in [-0.05, 0) is 49.0 Å². The molecular formula is C20H23F2N3O4. The average molecular weight is 407 g/mol. The lowest BCUT2D eigenvalue weighted by Gasteiger charge is -2.18. The first kappa shape index (κ1) is 22.1. The van der Waals surface area contributed by atoms with Crippen molar-refractivity contribution in [3.05, 3.63) is 53.6 Å². The Morgan fingerprint density at radius 3 is 2.41 bits per heavy atom. The molecule has 2 aromatic rings. The highest BCUT2D eigenvalue weighted by molar-refractivity contribution is 5.94. The number of carbonyl (C=O) groups excluding carboxylic acids is 2. The predicted octanol–water partition coefficient (Wildman–Crippen LogP) is 2.86. The second kappa shape index (κ2) is 10.4. The Morgan fingerprint density at radius 2 is 1.83 bits per heavy atom. The van der Waals surface area contributed by atoms with Gasteiger partial charge in [-0.15, -0.1) is 0 Å². The zero-order valence-electron chi connectivity index (χ0n) is 16.2. The Bertz CT molecular complexity index is 844. The van der Waals surface area contributed by atoms with Gasteiger partial charge in [-0.25, -0.2) is 0 Å². The van der Waals surface area contributed by atoms with E-state index in [9.17, 15) is 18.4 Å². The number of methoxy groups -OCH3 is 1. The molecule has 0 aliphatic heterocycles. The summed E-state index contributed by atoms with van der Waals surface area (Å²) >= 11 is 0. The molecule has 2 amide bonds. The summed E-state index contributed by atoms with van der Waals surface area (Å²) in [6, 6.07) is 11.0. The Hall–Kier alpha value is -3.20. The first-order valence-corrected chi connectivity index (χ1v) is 8.78. The molecule has 29 heavy (non-hydrogen) atoms. The van der Waals surface area contributed by atoms with Gasteiger partial charge in [-0.1, -0.05) is 6.07 Å². The number of nitrogens with two attached hydrogens (primary N) is 1. The van der Waals surface area contributed by atoms with E-state index in [0.717, 1.165) is 5.56 Å². The molecule has 2 aromatic carbocycles. The Balaban J connectivity index is 1.85. The van der Waals surface area contributed by atoms with Crippen LogP contribution in [0.4, 0.5) is 14.5 Å². The van der Waals surface area contributed by atoms with Crippen LogP contribution in [0.3, 0.4) is 0 Å². The molecule has 0 saturated heterocycles. The molecule has 0 aliphatic carbocycles. The quantitative estimate of drug-likeness (QED) is 0.632. The van der Waals surface area contributed by atoms with Crippen LogP contribution in [0.5, 0.6) is 11.5 Å². The van der Waals surface area contributed by atoms with Gasteiger partial charge in [0.15, 0.2) is 11.5 Å². The third-order valence-corrected chi connectivity index (χ3v) is 4.07. The topological polar surface area (TPSA) is 93.9 Å². The second-order valence-corrected chi connectivity index (χ2v) is 6.34. The van der Waals surface area contributed by atoms with E-state index in [2.05, 4.69) is 10.1 Å². The average Bonchev–Trinajstić information content (AvgIpc) is 2.67. The zero-order chi connectivity index (χ0) is 21.4. The van der Waals surface area contributed by atoms with Gasteiger partial charge in [-0.2, -0.15) is 8.78 Å². The standard InChI is InChI=1S/C20H23F2N3O4/c1-25(12-13-3-8-16(29-20(21)22)17(11-13)28-2)10-9-18(26)24-15-6-4-14(5-7-15)19(23)27/h3-8,11,20H,9-10,12H2,1-2H3,(H2,23,27)(H,24,26). The highest BCUT2D eigenvalue weighted by atomic mass is 19.3. The van der Waals surface area contributed by atoms with Gasteiger partial charge in [0.25, 0.3) is 0 Å². The number of ether oxygens (including phenoxy) is 2. The van der Waals surface area contributed by atoms with E-state index >= 15 is 0 Å². The molecule has 0 unspecified atom stereocenters. The van der Waals surface area contributed by atoms with E-state index in [0.29, 0.717) is 24.3 Å². The van der Waals surface area contributed by atoms with Crippen LogP contribution in [0, 0.1) is 0 Å². The highest BCUT2D eigenvalue weighted by Gasteiger charge is 2.12. The molecule has 0 spiro atoms. The monoisotopic (exact) mass is 407 g/mol. The largest absolute Gasteiger partial charge is 0.493 e. The van der Waals surface area contributed by atoms with Crippen LogP contribution in [0.25, 0.3) is 0 Å². The van der Waals surface area contributed by atoms with Crippen molar-refractivity contribution >= 4 is 17.5 Å². The summed E-state index contributed by atoms with van der Waals surface area (Å²) in [5.74, 6) is -0.527. The van der Waals surface area contributed by atoms with E-state index in [1.54, 1.807) is 36.4 Å². The van der Waals surface area contributed by atoms with Gasteiger partial charge in [-0.3, -0.25) is 9.59 Å². The van der Waals surface area contributed by atoms with Gasteiger partial charge in [0, 0.05) is 30.8 Å². The lowest BCUT2D eigenvalue weighted by molar-refractivity contribution is -0.116. The third-order valence-electron chi connectivity index (χ3n) is 4.07. The molecule has 0 bridgehead atoms. The number of carbonyl (C=O) groups is 2. The molecule has 0 aromatic heterocycles. The van der Waals surface area contributed by atoms with Gasteiger partial charge in [0.1, 0.15) is 0 Å². The van der Waals surface area contributed by atoms with Gasteiger partial charge in [0.2, 0.25) is 11.8 Å². The maximum absolute atomic E-state index is 12.4. The number of nitrogens with one attached hydrogen (secondary N) is 1. The number of primary amides is 1. The molecule has 0 atom stereocenters. The lowest BCUT2D eigenvalue weighted by Crippen LogP contribution is -2.24. The van der Waals surface area contributed by atoms with E-state index < -0.39 is 12.5 Å². The number of benzene rings is 2. The first-order chi connectivity index (χ1) is 13.8. The maximum atomic E-state index is 12.4. The maximum Gasteiger partial charge on any atom is 0.387 e. The van der Waals surface area contributed by atoms with Crippen molar-refractivity contribution in [3.8, 4) is 11.5 Å². The van der Waals surface area contributed by atoms with Crippen LogP contribution in [-0.2, 0) is 11.3 Å². The number of hydrogen-bond donors (Lipinski definition) is 2. The van der Waals surface area contributed by atoms with E-state index in [1.807, 2.05) is 11.9 Å². The normalized spacial score (nSPS) is 10.8. The number of rotatable bonds is 10. The van der Waals surface area contributed by atoms with Crippen molar-refractivity contribution in [1.29, 1.82) is 0 Å². The second-order valence-electron chi connectivity index (χ2n) is 6.34. The van der Waals surface area contributed by atoms with Crippen molar-refractivity contribution in [2.45, 2.75) is 19.6 Å². The molecule has 7 nitrogen and oxygen atoms in total. The summed E-state index contributed by atoms with van der Waals surface area (Å²) in [5.41, 5.74) is 6.94. The van der Waals surface area contributed by atoms with Crippen LogP contribution in [0.2, 0.25) is 0 Å². The Morgan fingerprint density at radius 1 is 1.14 bits per heavy atom. The van der Waals surface area contributed by atoms with Crippen molar-refractivity contribution in [2.24, 2.45) is 5.73 Å². The molecule has 9 heteroatoms. The number of anilines is 1. The molecule has 3 N–H and O–H groups in total. The SMILES string of the molecule is COc1cc(CN(C)CCC(=O)Nc2ccc(C(N)=O)cc2)ccc1OC(F)F. The summed E-state index contributed by atoms with van der Waals surface area (Å²) in [7, 11) is 3.21. The van der Waals surface area contributed by atoms with Crippen molar-refractivity contribution < 1.29 is 27.8 Å². The molecule has 0 radical (unpaired) electrons. The molecule has 0 aliphatic rings. The fourth-order valence-corrected chi connectivity index (χ4v) is 2.63. The minimum absolute atomic E-state index is 0.0318. The van der Waals surface area contributed by atoms with Crippen LogP contribution in [0.15, 0.2) is 42.5 Å². The molecule has 156 valence electrons. The summed E-state index contributed by atoms with van der Waals surface area (Å²) < 4.78 is 34.3. The first-order valence-electron chi connectivity index (χ1n) is 8.78. The Kier molecular flexibility index (Phi) is 7.90. The molecule has 0 fully saturated rings. The van der Waals surface area contributed by atoms with Crippen molar-refractivity contribution in [3.63, 3.8) is 0 Å². The van der Waals surface area contributed by atoms with E-state index in [4.69, 9.17) is 10.5 Å². The summed E-state index contributed by atoms with van der Waals surface area (Å²) in [6.45, 7) is -1.96. The van der Waals surface area contributed by atoms with Crippen molar-refractivity contribution in [1.82, 2.24) is 4.90 Å². The summed E-state index contributed by atoms with van der Waals surface area (Å²) in [6.07, 6.45) is 0.248. The van der Waals surface area contributed by atoms with Gasteiger partial charge in [0.05, 0.1) is 7.11 Å². The van der Waals surface area contributed by atoms with Gasteiger partial charge < -0.3 is 25.4 Å². The fourth-order valence-electron chi connectivity index (χ4n) is 2.63. The number of amides is 2. The van der Waals surface area contributed by atoms with E-state index in [-0.39, 0.29) is 23.8 Å². The molecule has 2 rings (SSSR count). The minimum atomic E-state index is -2.93. The number of halogens is 2. The van der Waals surface area contributed by atoms with Crippen molar-refractivity contribution in [2.75, 3.05) is 26.0 Å². The van der Waals surface area contributed by atoms with Crippen LogP contribution in [-0.4, -0.2) is 44.0 Å². The summed E-state index contributed by atoms with van der Waals surface area (Å²) in [5, 5.41) is 2.75. The smallest absolute Gasteiger partial charge is 0.387 e. The highest BCUT2D eigenvalue weighted by Crippen LogP contribution is 2.29. The number of hydrogen-bond acceptors (Lipinski definition) is 5. The molecular weight excluding hydrogens is 384 g/mol. The molecule has 0 saturated carbocycles. The van der Waals surface area contributed by atoms with Crippen LogP contribution >= 0.6 is 0 Å². The van der Waals surface area contributed by atoms with Crippen LogP contribution < -0.4 is 20.5 Å². The number of nitrogens with zero attached hydrogens (tertiary/aromatic N) is 1.